The van der Waals surface area contributed by atoms with Crippen molar-refractivity contribution in [3.05, 3.63) is 42.0 Å². The number of hydrogen-bond donors (Lipinski definition) is 0. The Hall–Kier alpha value is -1.12. The number of hydrogen-bond acceptors (Lipinski definition) is 2. The molecule has 2 nitrogen and oxygen atoms in total. The van der Waals surface area contributed by atoms with E-state index in [1.54, 1.807) is 14.2 Å². The molecule has 0 N–H and O–H groups in total. The lowest BCUT2D eigenvalue weighted by atomic mass is 9.95. The van der Waals surface area contributed by atoms with Gasteiger partial charge in [-0.15, -0.1) is 0 Å². The van der Waals surface area contributed by atoms with Crippen LogP contribution in [0.1, 0.15) is 63.9 Å². The van der Waals surface area contributed by atoms with Gasteiger partial charge in [0.25, 0.3) is 0 Å². The molecule has 2 heteroatoms. The first-order chi connectivity index (χ1) is 11.3. The zero-order chi connectivity index (χ0) is 16.8. The van der Waals surface area contributed by atoms with Crippen LogP contribution in [0.4, 0.5) is 0 Å². The molecule has 130 valence electrons. The summed E-state index contributed by atoms with van der Waals surface area (Å²) in [5.74, 6) is 0.506. The Morgan fingerprint density at radius 3 is 2.22 bits per heavy atom. The van der Waals surface area contributed by atoms with E-state index in [-0.39, 0.29) is 6.29 Å². The summed E-state index contributed by atoms with van der Waals surface area (Å²) >= 11 is 0. The molecular formula is C21H34O2. The summed E-state index contributed by atoms with van der Waals surface area (Å²) in [4.78, 5) is 0. The van der Waals surface area contributed by atoms with E-state index in [4.69, 9.17) is 9.47 Å². The zero-order valence-electron chi connectivity index (χ0n) is 15.2. The van der Waals surface area contributed by atoms with E-state index in [2.05, 4.69) is 49.4 Å². The van der Waals surface area contributed by atoms with Gasteiger partial charge in [0.15, 0.2) is 6.29 Å². The Labute approximate surface area is 142 Å². The maximum Gasteiger partial charge on any atom is 0.157 e. The lowest BCUT2D eigenvalue weighted by molar-refractivity contribution is -0.111. The molecule has 0 aromatic heterocycles. The van der Waals surface area contributed by atoms with Crippen LogP contribution in [0.5, 0.6) is 0 Å². The van der Waals surface area contributed by atoms with Gasteiger partial charge in [-0.3, -0.25) is 0 Å². The van der Waals surface area contributed by atoms with E-state index >= 15 is 0 Å². The van der Waals surface area contributed by atoms with Crippen LogP contribution in [-0.4, -0.2) is 20.5 Å². The standard InChI is InChI=1S/C21H34O2/c1-4-5-6-7-8-10-15-20(18-21(22-2)23-3)17-16-19-13-11-9-12-14-19/h9,11-14,16-17,20-21H,4-8,10,15,18H2,1-3H3/b17-16+/t20-/m0/s1. The molecule has 0 unspecified atom stereocenters. The van der Waals surface area contributed by atoms with Crippen LogP contribution >= 0.6 is 0 Å². The van der Waals surface area contributed by atoms with Crippen molar-refractivity contribution >= 4 is 6.08 Å². The van der Waals surface area contributed by atoms with Crippen molar-refractivity contribution in [2.24, 2.45) is 5.92 Å². The number of ether oxygens (including phenoxy) is 2. The van der Waals surface area contributed by atoms with Gasteiger partial charge in [-0.2, -0.15) is 0 Å². The summed E-state index contributed by atoms with van der Waals surface area (Å²) in [5, 5.41) is 0. The molecule has 0 radical (unpaired) electrons. The quantitative estimate of drug-likeness (QED) is 0.324. The molecule has 0 aliphatic carbocycles. The predicted octanol–water partition coefficient (Wildman–Crippen LogP) is 6.08. The second-order valence-corrected chi connectivity index (χ2v) is 6.22. The van der Waals surface area contributed by atoms with Gasteiger partial charge in [-0.05, 0) is 17.9 Å². The van der Waals surface area contributed by atoms with E-state index < -0.39 is 0 Å². The number of methoxy groups -OCH3 is 2. The average Bonchev–Trinajstić information content (AvgIpc) is 2.60. The van der Waals surface area contributed by atoms with Crippen molar-refractivity contribution in [2.45, 2.75) is 64.6 Å². The third kappa shape index (κ3) is 9.58. The Balaban J connectivity index is 2.46. The fourth-order valence-electron chi connectivity index (χ4n) is 2.83. The minimum Gasteiger partial charge on any atom is -0.356 e. The van der Waals surface area contributed by atoms with Crippen LogP contribution in [0.25, 0.3) is 6.08 Å². The highest BCUT2D eigenvalue weighted by Gasteiger charge is 2.13. The number of allylic oxidation sites excluding steroid dienone is 1. The lowest BCUT2D eigenvalue weighted by Gasteiger charge is -2.19. The lowest BCUT2D eigenvalue weighted by Crippen LogP contribution is -2.17. The van der Waals surface area contributed by atoms with Crippen LogP contribution in [0.2, 0.25) is 0 Å². The predicted molar refractivity (Wildman–Crippen MR) is 99.4 cm³/mol. The monoisotopic (exact) mass is 318 g/mol. The van der Waals surface area contributed by atoms with E-state index in [0.717, 1.165) is 6.42 Å². The Bertz CT molecular complexity index is 396. The van der Waals surface area contributed by atoms with Crippen LogP contribution < -0.4 is 0 Å². The number of benzene rings is 1. The first kappa shape index (κ1) is 19.9. The van der Waals surface area contributed by atoms with E-state index in [1.165, 1.54) is 50.5 Å². The minimum atomic E-state index is -0.111. The molecule has 1 aromatic carbocycles. The van der Waals surface area contributed by atoms with Crippen molar-refractivity contribution in [1.82, 2.24) is 0 Å². The molecule has 0 amide bonds. The third-order valence-corrected chi connectivity index (χ3v) is 4.31. The maximum absolute atomic E-state index is 5.39. The van der Waals surface area contributed by atoms with Crippen molar-refractivity contribution in [1.29, 1.82) is 0 Å². The normalized spacial score (nSPS) is 13.0. The summed E-state index contributed by atoms with van der Waals surface area (Å²) in [6.07, 6.45) is 14.6. The molecule has 23 heavy (non-hydrogen) atoms. The first-order valence-electron chi connectivity index (χ1n) is 9.09. The van der Waals surface area contributed by atoms with Gasteiger partial charge >= 0.3 is 0 Å². The highest BCUT2D eigenvalue weighted by atomic mass is 16.7. The second kappa shape index (κ2) is 13.3. The summed E-state index contributed by atoms with van der Waals surface area (Å²) in [6, 6.07) is 10.5. The molecule has 1 aromatic rings. The van der Waals surface area contributed by atoms with E-state index in [0.29, 0.717) is 5.92 Å². The zero-order valence-corrected chi connectivity index (χ0v) is 15.2. The molecule has 1 atom stereocenters. The van der Waals surface area contributed by atoms with Gasteiger partial charge in [0.05, 0.1) is 0 Å². The third-order valence-electron chi connectivity index (χ3n) is 4.31. The molecule has 0 bridgehead atoms. The Kier molecular flexibility index (Phi) is 11.5. The molecule has 0 saturated carbocycles. The van der Waals surface area contributed by atoms with Gasteiger partial charge in [0.1, 0.15) is 0 Å². The van der Waals surface area contributed by atoms with E-state index in [1.807, 2.05) is 0 Å². The SMILES string of the molecule is CCCCCCCC[C@@H](/C=C/c1ccccc1)CC(OC)OC. The van der Waals surface area contributed by atoms with Gasteiger partial charge in [0, 0.05) is 20.6 Å². The minimum absolute atomic E-state index is 0.111. The fourth-order valence-corrected chi connectivity index (χ4v) is 2.83. The van der Waals surface area contributed by atoms with Crippen LogP contribution in [-0.2, 0) is 9.47 Å². The van der Waals surface area contributed by atoms with Crippen molar-refractivity contribution in [3.63, 3.8) is 0 Å². The smallest absolute Gasteiger partial charge is 0.157 e. The van der Waals surface area contributed by atoms with Crippen molar-refractivity contribution in [2.75, 3.05) is 14.2 Å². The second-order valence-electron chi connectivity index (χ2n) is 6.22. The average molecular weight is 319 g/mol. The molecule has 0 heterocycles. The largest absolute Gasteiger partial charge is 0.356 e. The number of unbranched alkanes of at least 4 members (excludes halogenated alkanes) is 5. The molecular weight excluding hydrogens is 284 g/mol. The molecule has 0 aliphatic heterocycles. The Morgan fingerprint density at radius 1 is 0.913 bits per heavy atom. The molecule has 0 fully saturated rings. The molecule has 0 aliphatic rings. The maximum atomic E-state index is 5.39. The van der Waals surface area contributed by atoms with Gasteiger partial charge in [0.2, 0.25) is 0 Å². The van der Waals surface area contributed by atoms with Crippen LogP contribution in [0, 0.1) is 5.92 Å². The first-order valence-corrected chi connectivity index (χ1v) is 9.09. The number of rotatable bonds is 13. The van der Waals surface area contributed by atoms with Gasteiger partial charge < -0.3 is 9.47 Å². The topological polar surface area (TPSA) is 18.5 Å². The van der Waals surface area contributed by atoms with Gasteiger partial charge in [-0.1, -0.05) is 87.9 Å². The van der Waals surface area contributed by atoms with Crippen LogP contribution in [0.3, 0.4) is 0 Å². The molecule has 0 spiro atoms. The van der Waals surface area contributed by atoms with E-state index in [9.17, 15) is 0 Å². The summed E-state index contributed by atoms with van der Waals surface area (Å²) < 4.78 is 10.8. The molecule has 0 saturated heterocycles. The molecule has 1 rings (SSSR count). The van der Waals surface area contributed by atoms with Crippen LogP contribution in [0.15, 0.2) is 36.4 Å². The Morgan fingerprint density at radius 2 is 1.57 bits per heavy atom. The summed E-state index contributed by atoms with van der Waals surface area (Å²) in [6.45, 7) is 2.26. The highest BCUT2D eigenvalue weighted by molar-refractivity contribution is 5.48. The van der Waals surface area contributed by atoms with Crippen molar-refractivity contribution in [3.8, 4) is 0 Å². The highest BCUT2D eigenvalue weighted by Crippen LogP contribution is 2.21. The van der Waals surface area contributed by atoms with Gasteiger partial charge in [-0.25, -0.2) is 0 Å². The summed E-state index contributed by atoms with van der Waals surface area (Å²) in [7, 11) is 3.44. The fraction of sp³-hybridized carbons (Fsp3) is 0.619. The van der Waals surface area contributed by atoms with Crippen molar-refractivity contribution < 1.29 is 9.47 Å². The summed E-state index contributed by atoms with van der Waals surface area (Å²) in [5.41, 5.74) is 1.26.